The Morgan fingerprint density at radius 1 is 1.00 bits per heavy atom. The monoisotopic (exact) mass is 499 g/mol. The van der Waals surface area contributed by atoms with E-state index < -0.39 is 36.7 Å². The second-order valence-electron chi connectivity index (χ2n) is 9.10. The van der Waals surface area contributed by atoms with Gasteiger partial charge in [-0.1, -0.05) is 38.1 Å². The highest BCUT2D eigenvalue weighted by molar-refractivity contribution is 5.85. The number of carbonyl (C=O) groups is 3. The van der Waals surface area contributed by atoms with Crippen LogP contribution in [0.25, 0.3) is 0 Å². The van der Waals surface area contributed by atoms with Gasteiger partial charge in [-0.15, -0.1) is 0 Å². The standard InChI is InChI=1S/C26H33N3O7/c1-15(2)23(30)29-22-21(36-26(33)28-19-10-6-8-17(4)12-19)13-20(35-24(22)31)14-34-25(32)27-18-9-5-7-16(3)11-18/h5-12,15,20-22,24,31H,13-14H2,1-4H3,(H,27,32)(H,28,33)(H,29,30)/t20-,21-,22+,24+/m0/s1. The summed E-state index contributed by atoms with van der Waals surface area (Å²) < 4.78 is 16.4. The Morgan fingerprint density at radius 2 is 1.58 bits per heavy atom. The van der Waals surface area contributed by atoms with Crippen molar-refractivity contribution in [1.82, 2.24) is 5.32 Å². The topological polar surface area (TPSA) is 135 Å². The van der Waals surface area contributed by atoms with E-state index in [1.165, 1.54) is 0 Å². The van der Waals surface area contributed by atoms with Crippen LogP contribution in [0.2, 0.25) is 0 Å². The van der Waals surface area contributed by atoms with Gasteiger partial charge in [-0.25, -0.2) is 9.59 Å². The van der Waals surface area contributed by atoms with Crippen molar-refractivity contribution in [2.45, 2.75) is 58.7 Å². The molecule has 3 rings (SSSR count). The molecule has 4 atom stereocenters. The molecule has 1 fully saturated rings. The maximum atomic E-state index is 12.6. The number of aliphatic hydroxyl groups excluding tert-OH is 1. The lowest BCUT2D eigenvalue weighted by atomic mass is 9.99. The van der Waals surface area contributed by atoms with Gasteiger partial charge in [0.1, 0.15) is 18.8 Å². The Labute approximate surface area is 210 Å². The molecule has 0 spiro atoms. The number of hydrogen-bond donors (Lipinski definition) is 4. The average Bonchev–Trinajstić information content (AvgIpc) is 2.79. The van der Waals surface area contributed by atoms with Crippen molar-refractivity contribution < 1.29 is 33.7 Å². The molecule has 1 heterocycles. The van der Waals surface area contributed by atoms with Crippen LogP contribution in [0, 0.1) is 19.8 Å². The number of hydrogen-bond acceptors (Lipinski definition) is 7. The number of carbonyl (C=O) groups excluding carboxylic acids is 3. The number of aliphatic hydroxyl groups is 1. The van der Waals surface area contributed by atoms with Crippen LogP contribution < -0.4 is 16.0 Å². The average molecular weight is 500 g/mol. The third kappa shape index (κ3) is 7.96. The van der Waals surface area contributed by atoms with Gasteiger partial charge in [-0.05, 0) is 49.2 Å². The van der Waals surface area contributed by atoms with Gasteiger partial charge in [-0.2, -0.15) is 0 Å². The summed E-state index contributed by atoms with van der Waals surface area (Å²) in [6, 6.07) is 13.4. The summed E-state index contributed by atoms with van der Waals surface area (Å²) in [4.78, 5) is 37.1. The summed E-state index contributed by atoms with van der Waals surface area (Å²) in [5, 5.41) is 18.6. The predicted octanol–water partition coefficient (Wildman–Crippen LogP) is 3.72. The zero-order valence-corrected chi connectivity index (χ0v) is 20.8. The van der Waals surface area contributed by atoms with Gasteiger partial charge in [0.15, 0.2) is 6.29 Å². The quantitative estimate of drug-likeness (QED) is 0.456. The molecule has 4 N–H and O–H groups in total. The number of ether oxygens (including phenoxy) is 3. The van der Waals surface area contributed by atoms with E-state index in [1.807, 2.05) is 26.0 Å². The van der Waals surface area contributed by atoms with Gasteiger partial charge in [-0.3, -0.25) is 15.4 Å². The molecule has 0 aromatic heterocycles. The van der Waals surface area contributed by atoms with Crippen molar-refractivity contribution in [1.29, 1.82) is 0 Å². The highest BCUT2D eigenvalue weighted by Crippen LogP contribution is 2.24. The van der Waals surface area contributed by atoms with Gasteiger partial charge in [0.25, 0.3) is 0 Å². The van der Waals surface area contributed by atoms with Gasteiger partial charge in [0.2, 0.25) is 5.91 Å². The molecule has 194 valence electrons. The minimum absolute atomic E-state index is 0.0824. The van der Waals surface area contributed by atoms with Crippen LogP contribution in [0.1, 0.15) is 31.4 Å². The maximum Gasteiger partial charge on any atom is 0.411 e. The lowest BCUT2D eigenvalue weighted by Gasteiger charge is -2.39. The van der Waals surface area contributed by atoms with Crippen LogP contribution in [-0.4, -0.2) is 54.3 Å². The lowest BCUT2D eigenvalue weighted by Crippen LogP contribution is -2.59. The Balaban J connectivity index is 1.63. The van der Waals surface area contributed by atoms with Gasteiger partial charge >= 0.3 is 12.2 Å². The molecule has 36 heavy (non-hydrogen) atoms. The molecule has 0 aliphatic carbocycles. The fourth-order valence-corrected chi connectivity index (χ4v) is 3.70. The van der Waals surface area contributed by atoms with Crippen LogP contribution in [-0.2, 0) is 19.0 Å². The van der Waals surface area contributed by atoms with Crippen LogP contribution >= 0.6 is 0 Å². The predicted molar refractivity (Wildman–Crippen MR) is 133 cm³/mol. The van der Waals surface area contributed by atoms with Crippen molar-refractivity contribution in [2.75, 3.05) is 17.2 Å². The van der Waals surface area contributed by atoms with Crippen LogP contribution in [0.4, 0.5) is 21.0 Å². The van der Waals surface area contributed by atoms with Crippen molar-refractivity contribution in [3.8, 4) is 0 Å². The number of anilines is 2. The molecule has 1 aliphatic rings. The van der Waals surface area contributed by atoms with Crippen molar-refractivity contribution in [3.05, 3.63) is 59.7 Å². The minimum Gasteiger partial charge on any atom is -0.447 e. The van der Waals surface area contributed by atoms with E-state index in [0.717, 1.165) is 11.1 Å². The van der Waals surface area contributed by atoms with Gasteiger partial charge in [0.05, 0.1) is 6.10 Å². The number of amides is 3. The summed E-state index contributed by atoms with van der Waals surface area (Å²) in [5.74, 6) is -0.687. The Bertz CT molecular complexity index is 1080. The molecule has 10 heteroatoms. The van der Waals surface area contributed by atoms with E-state index in [0.29, 0.717) is 11.4 Å². The Kier molecular flexibility index (Phi) is 9.26. The molecular formula is C26H33N3O7. The first-order valence-corrected chi connectivity index (χ1v) is 11.8. The molecule has 2 aromatic rings. The third-order valence-corrected chi connectivity index (χ3v) is 5.56. The summed E-state index contributed by atoms with van der Waals surface area (Å²) in [7, 11) is 0. The summed E-state index contributed by atoms with van der Waals surface area (Å²) in [5.41, 5.74) is 3.06. The molecule has 0 bridgehead atoms. The SMILES string of the molecule is Cc1cccc(NC(=O)OC[C@@H]2C[C@H](OC(=O)Nc3cccc(C)c3)[C@@H](NC(=O)C(C)C)[C@H](O)O2)c1. The van der Waals surface area contributed by atoms with Gasteiger partial charge in [0, 0.05) is 23.7 Å². The number of aryl methyl sites for hydroxylation is 2. The van der Waals surface area contributed by atoms with Crippen molar-refractivity contribution in [3.63, 3.8) is 0 Å². The van der Waals surface area contributed by atoms with Crippen molar-refractivity contribution >= 4 is 29.5 Å². The van der Waals surface area contributed by atoms with E-state index in [4.69, 9.17) is 14.2 Å². The molecule has 0 saturated carbocycles. The van der Waals surface area contributed by atoms with Gasteiger partial charge < -0.3 is 24.6 Å². The molecule has 2 aromatic carbocycles. The molecule has 1 saturated heterocycles. The zero-order chi connectivity index (χ0) is 26.2. The van der Waals surface area contributed by atoms with E-state index >= 15 is 0 Å². The smallest absolute Gasteiger partial charge is 0.411 e. The van der Waals surface area contributed by atoms with E-state index in [-0.39, 0.29) is 24.9 Å². The molecule has 0 unspecified atom stereocenters. The maximum absolute atomic E-state index is 12.6. The number of benzene rings is 2. The lowest BCUT2D eigenvalue weighted by molar-refractivity contribution is -0.213. The second-order valence-corrected chi connectivity index (χ2v) is 9.10. The van der Waals surface area contributed by atoms with E-state index in [9.17, 15) is 19.5 Å². The summed E-state index contributed by atoms with van der Waals surface area (Å²) in [6.45, 7) is 7.00. The largest absolute Gasteiger partial charge is 0.447 e. The van der Waals surface area contributed by atoms with Crippen LogP contribution in [0.3, 0.4) is 0 Å². The highest BCUT2D eigenvalue weighted by Gasteiger charge is 2.42. The Hall–Kier alpha value is -3.63. The first-order chi connectivity index (χ1) is 17.1. The Morgan fingerprint density at radius 3 is 2.14 bits per heavy atom. The fourth-order valence-electron chi connectivity index (χ4n) is 3.70. The third-order valence-electron chi connectivity index (χ3n) is 5.56. The van der Waals surface area contributed by atoms with Crippen molar-refractivity contribution in [2.24, 2.45) is 5.92 Å². The van der Waals surface area contributed by atoms with Crippen LogP contribution in [0.15, 0.2) is 48.5 Å². The molecule has 0 radical (unpaired) electrons. The normalized spacial score (nSPS) is 21.4. The van der Waals surface area contributed by atoms with E-state index in [2.05, 4.69) is 16.0 Å². The summed E-state index contributed by atoms with van der Waals surface area (Å²) in [6.07, 6.45) is -4.54. The molecule has 10 nitrogen and oxygen atoms in total. The highest BCUT2D eigenvalue weighted by atomic mass is 16.6. The first-order valence-electron chi connectivity index (χ1n) is 11.8. The minimum atomic E-state index is -1.48. The zero-order valence-electron chi connectivity index (χ0n) is 20.8. The molecule has 3 amide bonds. The fraction of sp³-hybridized carbons (Fsp3) is 0.423. The molecular weight excluding hydrogens is 466 g/mol. The number of rotatable bonds is 7. The van der Waals surface area contributed by atoms with E-state index in [1.54, 1.807) is 50.2 Å². The van der Waals surface area contributed by atoms with Crippen LogP contribution in [0.5, 0.6) is 0 Å². The molecule has 1 aliphatic heterocycles. The second kappa shape index (κ2) is 12.4. The number of nitrogens with one attached hydrogen (secondary N) is 3. The first kappa shape index (κ1) is 27.0. The summed E-state index contributed by atoms with van der Waals surface area (Å²) >= 11 is 0.